The summed E-state index contributed by atoms with van der Waals surface area (Å²) in [5.41, 5.74) is -4.28. The fourth-order valence-corrected chi connectivity index (χ4v) is 6.37. The van der Waals surface area contributed by atoms with Gasteiger partial charge in [0.15, 0.2) is 5.54 Å². The number of methoxy groups -OCH3 is 1. The lowest BCUT2D eigenvalue weighted by atomic mass is 9.68. The van der Waals surface area contributed by atoms with E-state index in [4.69, 9.17) is 4.74 Å². The molecule has 0 saturated carbocycles. The standard InChI is InChI=1S/C25H40N2O8S/c1-5-6-8-13-18(29)19-21(31)27-25(24(19,3)34,20(30)16-11-9-7-10-12-16)23(33)36-14-17(22(32)35-4)26-15(2)28/h9,11,16-20,29-30,34H,5-8,10,12-14H2,1-4H3,(H,26,28)(H,27,31)/t16-,17?,18?,19+,20?,24+,25+/m1/s1. The zero-order chi connectivity index (χ0) is 27.1. The molecule has 0 spiro atoms. The Balaban J connectivity index is 2.43. The molecule has 0 aromatic carbocycles. The molecule has 1 aliphatic heterocycles. The molecule has 11 heteroatoms. The van der Waals surface area contributed by atoms with Gasteiger partial charge in [0.2, 0.25) is 16.9 Å². The maximum Gasteiger partial charge on any atom is 0.329 e. The van der Waals surface area contributed by atoms with Gasteiger partial charge in [0.1, 0.15) is 11.6 Å². The van der Waals surface area contributed by atoms with Gasteiger partial charge in [0.05, 0.1) is 25.2 Å². The monoisotopic (exact) mass is 528 g/mol. The van der Waals surface area contributed by atoms with Crippen molar-refractivity contribution >= 4 is 34.7 Å². The Bertz CT molecular complexity index is 848. The Morgan fingerprint density at radius 1 is 1.31 bits per heavy atom. The Hall–Kier alpha value is -1.95. The molecule has 2 aliphatic rings. The molecule has 1 heterocycles. The van der Waals surface area contributed by atoms with Crippen LogP contribution in [0.5, 0.6) is 0 Å². The summed E-state index contributed by atoms with van der Waals surface area (Å²) in [6.07, 6.45) is 5.71. The van der Waals surface area contributed by atoms with Crippen LogP contribution in [0.3, 0.4) is 0 Å². The number of hydrogen-bond acceptors (Lipinski definition) is 9. The molecule has 1 saturated heterocycles. The van der Waals surface area contributed by atoms with E-state index in [-0.39, 0.29) is 12.2 Å². The SMILES string of the molecule is CCCCCC(O)[C@H]1C(=O)N[C@](C(=O)SCC(NC(C)=O)C(=O)OC)(C(O)[C@@H]2C=CCCC2)[C@@]1(C)O. The van der Waals surface area contributed by atoms with Crippen molar-refractivity contribution in [2.75, 3.05) is 12.9 Å². The highest BCUT2D eigenvalue weighted by Gasteiger charge is 2.70. The number of carbonyl (C=O) groups excluding carboxylic acids is 4. The molecule has 3 unspecified atom stereocenters. The first-order valence-corrected chi connectivity index (χ1v) is 13.5. The van der Waals surface area contributed by atoms with Crippen LogP contribution in [0.4, 0.5) is 0 Å². The number of carbonyl (C=O) groups is 4. The van der Waals surface area contributed by atoms with Gasteiger partial charge in [-0.25, -0.2) is 4.79 Å². The number of aliphatic hydroxyl groups excluding tert-OH is 2. The third-order valence-electron chi connectivity index (χ3n) is 7.20. The summed E-state index contributed by atoms with van der Waals surface area (Å²) in [4.78, 5) is 50.6. The molecular formula is C25H40N2O8S. The van der Waals surface area contributed by atoms with E-state index in [1.165, 1.54) is 13.8 Å². The van der Waals surface area contributed by atoms with Crippen LogP contribution in [-0.4, -0.2) is 80.5 Å². The normalized spacial score (nSPS) is 30.2. The Morgan fingerprint density at radius 2 is 2.00 bits per heavy atom. The van der Waals surface area contributed by atoms with E-state index in [2.05, 4.69) is 10.6 Å². The number of hydrogen-bond donors (Lipinski definition) is 5. The van der Waals surface area contributed by atoms with Crippen LogP contribution in [0, 0.1) is 11.8 Å². The van der Waals surface area contributed by atoms with E-state index in [1.807, 2.05) is 13.0 Å². The molecule has 36 heavy (non-hydrogen) atoms. The average molecular weight is 529 g/mol. The highest BCUT2D eigenvalue weighted by atomic mass is 32.2. The minimum atomic E-state index is -2.14. The zero-order valence-electron chi connectivity index (χ0n) is 21.5. The molecule has 0 bridgehead atoms. The highest BCUT2D eigenvalue weighted by Crippen LogP contribution is 2.46. The maximum absolute atomic E-state index is 13.8. The summed E-state index contributed by atoms with van der Waals surface area (Å²) in [6, 6.07) is -1.15. The summed E-state index contributed by atoms with van der Waals surface area (Å²) in [5.74, 6) is -4.08. The summed E-state index contributed by atoms with van der Waals surface area (Å²) in [6.45, 7) is 4.51. The van der Waals surface area contributed by atoms with Crippen molar-refractivity contribution in [1.29, 1.82) is 0 Å². The second-order valence-electron chi connectivity index (χ2n) is 9.83. The van der Waals surface area contributed by atoms with Crippen LogP contribution in [0.15, 0.2) is 12.2 Å². The second kappa shape index (κ2) is 13.0. The fourth-order valence-electron chi connectivity index (χ4n) is 5.22. The Labute approximate surface area is 216 Å². The predicted octanol–water partition coefficient (Wildman–Crippen LogP) is 0.818. The molecule has 2 rings (SSSR count). The molecule has 204 valence electrons. The number of amides is 2. The van der Waals surface area contributed by atoms with Crippen molar-refractivity contribution < 1.29 is 39.2 Å². The summed E-state index contributed by atoms with van der Waals surface area (Å²) in [7, 11) is 1.15. The maximum atomic E-state index is 13.8. The summed E-state index contributed by atoms with van der Waals surface area (Å²) in [5, 5.41) is 38.4. The molecular weight excluding hydrogens is 488 g/mol. The number of aliphatic hydroxyl groups is 3. The molecule has 1 fully saturated rings. The number of rotatable bonds is 12. The van der Waals surface area contributed by atoms with Gasteiger partial charge in [-0.05, 0) is 32.6 Å². The number of thioether (sulfide) groups is 1. The van der Waals surface area contributed by atoms with Crippen LogP contribution < -0.4 is 10.6 Å². The molecule has 7 atom stereocenters. The highest BCUT2D eigenvalue weighted by molar-refractivity contribution is 8.13. The summed E-state index contributed by atoms with van der Waals surface area (Å²) < 4.78 is 4.70. The van der Waals surface area contributed by atoms with Crippen molar-refractivity contribution in [3.05, 3.63) is 12.2 Å². The largest absolute Gasteiger partial charge is 0.467 e. The van der Waals surface area contributed by atoms with Gasteiger partial charge < -0.3 is 30.7 Å². The number of unbranched alkanes of at least 4 members (excludes halogenated alkanes) is 2. The molecule has 0 aromatic heterocycles. The van der Waals surface area contributed by atoms with Gasteiger partial charge >= 0.3 is 5.97 Å². The molecule has 1 aliphatic carbocycles. The second-order valence-corrected chi connectivity index (χ2v) is 10.8. The molecule has 0 aromatic rings. The van der Waals surface area contributed by atoms with Crippen molar-refractivity contribution in [1.82, 2.24) is 10.6 Å². The first-order valence-electron chi connectivity index (χ1n) is 12.5. The number of allylic oxidation sites excluding steroid dienone is 1. The molecule has 10 nitrogen and oxygen atoms in total. The van der Waals surface area contributed by atoms with Crippen LogP contribution >= 0.6 is 11.8 Å². The lowest BCUT2D eigenvalue weighted by molar-refractivity contribution is -0.148. The minimum absolute atomic E-state index is 0.240. The van der Waals surface area contributed by atoms with Crippen LogP contribution in [0.1, 0.15) is 65.7 Å². The Morgan fingerprint density at radius 3 is 2.56 bits per heavy atom. The van der Waals surface area contributed by atoms with Crippen LogP contribution in [0.2, 0.25) is 0 Å². The topological polar surface area (TPSA) is 162 Å². The minimum Gasteiger partial charge on any atom is -0.467 e. The smallest absolute Gasteiger partial charge is 0.329 e. The van der Waals surface area contributed by atoms with Gasteiger partial charge in [-0.1, -0.05) is 50.1 Å². The first-order chi connectivity index (χ1) is 16.9. The van der Waals surface area contributed by atoms with Crippen molar-refractivity contribution in [2.24, 2.45) is 11.8 Å². The molecule has 5 N–H and O–H groups in total. The average Bonchev–Trinajstić information content (AvgIpc) is 3.06. The van der Waals surface area contributed by atoms with E-state index < -0.39 is 64.1 Å². The van der Waals surface area contributed by atoms with E-state index >= 15 is 0 Å². The number of esters is 1. The van der Waals surface area contributed by atoms with Crippen molar-refractivity contribution in [3.8, 4) is 0 Å². The van der Waals surface area contributed by atoms with Crippen LogP contribution in [0.25, 0.3) is 0 Å². The first kappa shape index (κ1) is 30.3. The van der Waals surface area contributed by atoms with Gasteiger partial charge in [-0.3, -0.25) is 14.4 Å². The van der Waals surface area contributed by atoms with Gasteiger partial charge in [-0.15, -0.1) is 0 Å². The van der Waals surface area contributed by atoms with Crippen molar-refractivity contribution in [2.45, 2.75) is 95.1 Å². The Kier molecular flexibility index (Phi) is 11.0. The van der Waals surface area contributed by atoms with E-state index in [1.54, 1.807) is 6.08 Å². The number of nitrogens with one attached hydrogen (secondary N) is 2. The fraction of sp³-hybridized carbons (Fsp3) is 0.760. The van der Waals surface area contributed by atoms with E-state index in [0.717, 1.165) is 32.8 Å². The van der Waals surface area contributed by atoms with Gasteiger partial charge in [-0.2, -0.15) is 0 Å². The summed E-state index contributed by atoms with van der Waals surface area (Å²) >= 11 is 0.603. The number of ether oxygens (including phenoxy) is 1. The van der Waals surface area contributed by atoms with Crippen LogP contribution in [-0.2, 0) is 23.9 Å². The van der Waals surface area contributed by atoms with Crippen molar-refractivity contribution in [3.63, 3.8) is 0 Å². The quantitative estimate of drug-likeness (QED) is 0.140. The van der Waals surface area contributed by atoms with E-state index in [0.29, 0.717) is 24.6 Å². The predicted molar refractivity (Wildman–Crippen MR) is 135 cm³/mol. The lowest BCUT2D eigenvalue weighted by Crippen LogP contribution is -2.70. The third-order valence-corrected chi connectivity index (χ3v) is 8.29. The van der Waals surface area contributed by atoms with Gasteiger partial charge in [0.25, 0.3) is 0 Å². The molecule has 0 radical (unpaired) electrons. The lowest BCUT2D eigenvalue weighted by Gasteiger charge is -2.45. The third kappa shape index (κ3) is 6.30. The van der Waals surface area contributed by atoms with Gasteiger partial charge in [0, 0.05) is 18.6 Å². The van der Waals surface area contributed by atoms with E-state index in [9.17, 15) is 34.5 Å². The zero-order valence-corrected chi connectivity index (χ0v) is 22.3. The molecule has 2 amide bonds.